The summed E-state index contributed by atoms with van der Waals surface area (Å²) in [5.41, 5.74) is -0.558. The van der Waals surface area contributed by atoms with E-state index in [0.29, 0.717) is 37.8 Å². The molecule has 0 saturated carbocycles. The number of hydrogen-bond donors (Lipinski definition) is 3. The van der Waals surface area contributed by atoms with Crippen LogP contribution in [0.2, 0.25) is 0 Å². The summed E-state index contributed by atoms with van der Waals surface area (Å²) >= 11 is 0. The van der Waals surface area contributed by atoms with Crippen LogP contribution in [-0.4, -0.2) is 123 Å². The fourth-order valence-corrected chi connectivity index (χ4v) is 6.10. The van der Waals surface area contributed by atoms with Gasteiger partial charge in [-0.15, -0.1) is 0 Å². The number of halogens is 2. The second-order valence-electron chi connectivity index (χ2n) is 15.0. The van der Waals surface area contributed by atoms with Gasteiger partial charge in [-0.05, 0) is 39.2 Å². The van der Waals surface area contributed by atoms with E-state index in [4.69, 9.17) is 37.9 Å². The molecule has 2 rings (SSSR count). The van der Waals surface area contributed by atoms with Gasteiger partial charge in [-0.3, -0.25) is 28.8 Å². The largest absolute Gasteiger partial charge is 0.465 e. The van der Waals surface area contributed by atoms with Crippen LogP contribution in [0.15, 0.2) is 24.3 Å². The van der Waals surface area contributed by atoms with E-state index in [2.05, 4.69) is 16.0 Å². The molecule has 21 heteroatoms. The Morgan fingerprint density at radius 3 is 2.03 bits per heavy atom. The molecular weight excluding hydrogens is 816 g/mol. The number of ether oxygens (including phenoxy) is 8. The summed E-state index contributed by atoms with van der Waals surface area (Å²) in [5.74, 6) is -8.79. The Bertz CT molecular complexity index is 1670. The highest BCUT2D eigenvalue weighted by Gasteiger charge is 2.59. The van der Waals surface area contributed by atoms with Gasteiger partial charge in [0.25, 0.3) is 18.1 Å². The lowest BCUT2D eigenvalue weighted by molar-refractivity contribution is -0.313. The SMILES string of the molecule is COC(=O)[C@@]1(OCCCCCCNC(=O)OC(C)(C)C)C[C@H](OC(C)=O)[C@@H](NC(=O)COC(C)=O)[C@H]([C@H](OC(C)=O)[C@@H](CNC(=O)Cc2ccc(C(F)F)cc2)OC(C)=O)O1. The molecular formula is C40H57F2N3O16. The number of carbonyl (C=O) groups excluding carboxylic acids is 8. The van der Waals surface area contributed by atoms with Crippen molar-refractivity contribution in [1.29, 1.82) is 0 Å². The first-order valence-corrected chi connectivity index (χ1v) is 19.5. The van der Waals surface area contributed by atoms with E-state index in [1.165, 1.54) is 12.1 Å². The second-order valence-corrected chi connectivity index (χ2v) is 15.0. The highest BCUT2D eigenvalue weighted by atomic mass is 19.3. The van der Waals surface area contributed by atoms with E-state index < -0.39 is 116 Å². The Hall–Kier alpha value is -5.44. The number of alkyl halides is 2. The van der Waals surface area contributed by atoms with Crippen molar-refractivity contribution in [3.63, 3.8) is 0 Å². The smallest absolute Gasteiger partial charge is 0.407 e. The Kier molecular flexibility index (Phi) is 21.0. The van der Waals surface area contributed by atoms with Gasteiger partial charge in [0.1, 0.15) is 17.8 Å². The summed E-state index contributed by atoms with van der Waals surface area (Å²) in [5, 5.41) is 7.72. The van der Waals surface area contributed by atoms with E-state index in [1.807, 2.05) is 0 Å². The molecule has 19 nitrogen and oxygen atoms in total. The fraction of sp³-hybridized carbons (Fsp3) is 0.650. The number of carbonyl (C=O) groups is 8. The van der Waals surface area contributed by atoms with Crippen molar-refractivity contribution in [2.24, 2.45) is 0 Å². The number of unbranched alkanes of at least 4 members (excludes halogenated alkanes) is 3. The summed E-state index contributed by atoms with van der Waals surface area (Å²) in [6.45, 7) is 8.10. The van der Waals surface area contributed by atoms with Crippen LogP contribution in [0, 0.1) is 0 Å². The zero-order chi connectivity index (χ0) is 45.9. The number of amides is 3. The minimum Gasteiger partial charge on any atom is -0.465 e. The third-order valence-electron chi connectivity index (χ3n) is 8.58. The molecule has 1 fully saturated rings. The zero-order valence-electron chi connectivity index (χ0n) is 35.6. The van der Waals surface area contributed by atoms with Gasteiger partial charge in [0.2, 0.25) is 5.91 Å². The molecule has 0 aromatic heterocycles. The molecule has 3 amide bonds. The monoisotopic (exact) mass is 873 g/mol. The van der Waals surface area contributed by atoms with Gasteiger partial charge < -0.3 is 53.8 Å². The van der Waals surface area contributed by atoms with Gasteiger partial charge in [0.15, 0.2) is 18.8 Å². The summed E-state index contributed by atoms with van der Waals surface area (Å²) in [7, 11) is 1.03. The average molecular weight is 874 g/mol. The lowest BCUT2D eigenvalue weighted by Gasteiger charge is -2.48. The van der Waals surface area contributed by atoms with Crippen LogP contribution in [0.25, 0.3) is 0 Å². The summed E-state index contributed by atoms with van der Waals surface area (Å²) in [6, 6.07) is 3.43. The lowest BCUT2D eigenvalue weighted by Crippen LogP contribution is -2.70. The normalized spacial score (nSPS) is 19.6. The third-order valence-corrected chi connectivity index (χ3v) is 8.58. The van der Waals surface area contributed by atoms with Gasteiger partial charge in [-0.2, -0.15) is 0 Å². The van der Waals surface area contributed by atoms with E-state index in [0.717, 1.165) is 46.9 Å². The predicted octanol–water partition coefficient (Wildman–Crippen LogP) is 2.89. The first-order chi connectivity index (χ1) is 28.5. The third kappa shape index (κ3) is 18.8. The van der Waals surface area contributed by atoms with Crippen molar-refractivity contribution < 1.29 is 85.0 Å². The summed E-state index contributed by atoms with van der Waals surface area (Å²) in [6.07, 6.45) is -8.89. The number of nitrogens with one attached hydrogen (secondary N) is 3. The number of alkyl carbamates (subject to hydrolysis) is 1. The van der Waals surface area contributed by atoms with Crippen molar-refractivity contribution in [3.8, 4) is 0 Å². The van der Waals surface area contributed by atoms with Crippen LogP contribution in [0.1, 0.15) is 98.1 Å². The molecule has 1 saturated heterocycles. The minimum atomic E-state index is -2.72. The Balaban J connectivity index is 2.50. The molecule has 0 radical (unpaired) electrons. The molecule has 6 atom stereocenters. The van der Waals surface area contributed by atoms with Crippen LogP contribution in [0.5, 0.6) is 0 Å². The van der Waals surface area contributed by atoms with Crippen LogP contribution >= 0.6 is 0 Å². The van der Waals surface area contributed by atoms with Gasteiger partial charge in [-0.25, -0.2) is 18.4 Å². The van der Waals surface area contributed by atoms with E-state index in [1.54, 1.807) is 20.8 Å². The molecule has 1 aromatic rings. The Morgan fingerprint density at radius 1 is 0.836 bits per heavy atom. The molecule has 61 heavy (non-hydrogen) atoms. The molecule has 0 spiro atoms. The number of methoxy groups -OCH3 is 1. The lowest BCUT2D eigenvalue weighted by atomic mass is 9.87. The maximum absolute atomic E-state index is 13.7. The van der Waals surface area contributed by atoms with Crippen LogP contribution < -0.4 is 16.0 Å². The predicted molar refractivity (Wildman–Crippen MR) is 206 cm³/mol. The molecule has 342 valence electrons. The van der Waals surface area contributed by atoms with Crippen molar-refractivity contribution in [2.45, 2.75) is 135 Å². The minimum absolute atomic E-state index is 0.155. The second kappa shape index (κ2) is 24.7. The molecule has 0 unspecified atom stereocenters. The first kappa shape index (κ1) is 51.7. The zero-order valence-corrected chi connectivity index (χ0v) is 35.6. The highest BCUT2D eigenvalue weighted by Crippen LogP contribution is 2.37. The number of hydrogen-bond acceptors (Lipinski definition) is 16. The fourth-order valence-electron chi connectivity index (χ4n) is 6.10. The van der Waals surface area contributed by atoms with Crippen LogP contribution in [0.3, 0.4) is 0 Å². The van der Waals surface area contributed by atoms with Crippen molar-refractivity contribution in [3.05, 3.63) is 35.4 Å². The molecule has 3 N–H and O–H groups in total. The quantitative estimate of drug-likeness (QED) is 0.0861. The van der Waals surface area contributed by atoms with E-state index in [-0.39, 0.29) is 18.6 Å². The van der Waals surface area contributed by atoms with Crippen LogP contribution in [0.4, 0.5) is 13.6 Å². The molecule has 1 aromatic carbocycles. The van der Waals surface area contributed by atoms with E-state index in [9.17, 15) is 47.1 Å². The number of esters is 5. The highest BCUT2D eigenvalue weighted by molar-refractivity contribution is 5.81. The standard InChI is InChI=1S/C40H57F2N3O16/c1-23(46)55-22-32(51)45-33-29(57-24(2)47)20-40(37(52)54-8,56-18-12-10-9-11-17-43-38(53)61-39(5,6)7)60-35(33)34(59-26(4)49)30(58-25(3)48)21-44-31(50)19-27-13-15-28(16-14-27)36(41)42/h13-16,29-30,33-36H,9-12,17-22H2,1-8H3,(H,43,53)(H,44,50)(H,45,51)/t29-,30+,33+,34+,35+,40+/m0/s1. The van der Waals surface area contributed by atoms with Gasteiger partial charge in [-0.1, -0.05) is 37.1 Å². The maximum atomic E-state index is 13.7. The van der Waals surface area contributed by atoms with E-state index >= 15 is 0 Å². The number of benzene rings is 1. The van der Waals surface area contributed by atoms with Gasteiger partial charge in [0, 0.05) is 39.8 Å². The topological polar surface area (TPSA) is 246 Å². The summed E-state index contributed by atoms with van der Waals surface area (Å²) in [4.78, 5) is 101. The van der Waals surface area contributed by atoms with Gasteiger partial charge in [0.05, 0.1) is 39.1 Å². The average Bonchev–Trinajstić information content (AvgIpc) is 3.15. The molecule has 1 aliphatic heterocycles. The van der Waals surface area contributed by atoms with Crippen LogP contribution in [-0.2, 0) is 77.9 Å². The molecule has 0 aliphatic carbocycles. The van der Waals surface area contributed by atoms with Crippen molar-refractivity contribution in [1.82, 2.24) is 16.0 Å². The first-order valence-electron chi connectivity index (χ1n) is 19.5. The van der Waals surface area contributed by atoms with Crippen molar-refractivity contribution in [2.75, 3.05) is 33.4 Å². The number of rotatable bonds is 22. The molecule has 0 bridgehead atoms. The Labute approximate surface area is 352 Å². The maximum Gasteiger partial charge on any atom is 0.407 e. The van der Waals surface area contributed by atoms with Crippen molar-refractivity contribution >= 4 is 47.8 Å². The molecule has 1 heterocycles. The molecule has 1 aliphatic rings. The Morgan fingerprint density at radius 2 is 1.48 bits per heavy atom. The van der Waals surface area contributed by atoms with Gasteiger partial charge >= 0.3 is 35.9 Å². The summed E-state index contributed by atoms with van der Waals surface area (Å²) < 4.78 is 70.4.